The molecule has 0 aliphatic carbocycles. The molecule has 1 saturated heterocycles. The second kappa shape index (κ2) is 3.02. The summed E-state index contributed by atoms with van der Waals surface area (Å²) < 4.78 is 26.4. The standard InChI is InChI=1S/C6H11NO4S/c1-11-6(8)4-2-12(9,10)3-5(4)7/h4-5H,2-3,7H2,1H3/t4-,5-/m1/s1. The topological polar surface area (TPSA) is 86.5 Å². The first-order valence-electron chi connectivity index (χ1n) is 3.50. The van der Waals surface area contributed by atoms with Gasteiger partial charge < -0.3 is 10.5 Å². The molecule has 1 heterocycles. The van der Waals surface area contributed by atoms with Crippen LogP contribution in [0.3, 0.4) is 0 Å². The van der Waals surface area contributed by atoms with Gasteiger partial charge in [0.15, 0.2) is 9.84 Å². The summed E-state index contributed by atoms with van der Waals surface area (Å²) in [6.45, 7) is 0. The third-order valence-corrected chi connectivity index (χ3v) is 3.66. The van der Waals surface area contributed by atoms with E-state index in [4.69, 9.17) is 5.73 Å². The molecule has 1 rings (SSSR count). The van der Waals surface area contributed by atoms with E-state index in [1.807, 2.05) is 0 Å². The highest BCUT2D eigenvalue weighted by atomic mass is 32.2. The fourth-order valence-electron chi connectivity index (χ4n) is 1.27. The smallest absolute Gasteiger partial charge is 0.311 e. The molecule has 5 nitrogen and oxygen atoms in total. The number of sulfone groups is 1. The van der Waals surface area contributed by atoms with Crippen LogP contribution < -0.4 is 5.73 Å². The van der Waals surface area contributed by atoms with Gasteiger partial charge in [-0.15, -0.1) is 0 Å². The van der Waals surface area contributed by atoms with Crippen LogP contribution in [0.5, 0.6) is 0 Å². The van der Waals surface area contributed by atoms with E-state index in [1.165, 1.54) is 7.11 Å². The van der Waals surface area contributed by atoms with Gasteiger partial charge in [-0.05, 0) is 0 Å². The molecule has 1 aliphatic heterocycles. The third-order valence-electron chi connectivity index (χ3n) is 1.90. The van der Waals surface area contributed by atoms with E-state index in [0.717, 1.165) is 0 Å². The number of rotatable bonds is 1. The minimum Gasteiger partial charge on any atom is -0.469 e. The molecule has 0 aromatic heterocycles. The van der Waals surface area contributed by atoms with Crippen LogP contribution in [0.15, 0.2) is 0 Å². The van der Waals surface area contributed by atoms with Crippen LogP contribution >= 0.6 is 0 Å². The fourth-order valence-corrected chi connectivity index (χ4v) is 3.15. The quantitative estimate of drug-likeness (QED) is 0.514. The predicted octanol–water partition coefficient (Wildman–Crippen LogP) is -1.47. The Morgan fingerprint density at radius 2 is 2.08 bits per heavy atom. The molecule has 70 valence electrons. The van der Waals surface area contributed by atoms with Crippen molar-refractivity contribution in [2.75, 3.05) is 18.6 Å². The predicted molar refractivity (Wildman–Crippen MR) is 42.1 cm³/mol. The van der Waals surface area contributed by atoms with E-state index in [0.29, 0.717) is 0 Å². The highest BCUT2D eigenvalue weighted by molar-refractivity contribution is 7.91. The maximum atomic E-state index is 11.0. The van der Waals surface area contributed by atoms with Gasteiger partial charge in [0, 0.05) is 6.04 Å². The minimum atomic E-state index is -3.13. The Hall–Kier alpha value is -0.620. The number of methoxy groups -OCH3 is 1. The Morgan fingerprint density at radius 1 is 1.50 bits per heavy atom. The summed E-state index contributed by atoms with van der Waals surface area (Å²) in [5.74, 6) is -1.52. The normalized spacial score (nSPS) is 33.2. The van der Waals surface area contributed by atoms with E-state index in [1.54, 1.807) is 0 Å². The van der Waals surface area contributed by atoms with Crippen LogP contribution in [0.2, 0.25) is 0 Å². The van der Waals surface area contributed by atoms with Crippen molar-refractivity contribution < 1.29 is 17.9 Å². The minimum absolute atomic E-state index is 0.118. The Bertz CT molecular complexity index is 284. The van der Waals surface area contributed by atoms with Crippen LogP contribution in [0, 0.1) is 5.92 Å². The lowest BCUT2D eigenvalue weighted by Gasteiger charge is -2.09. The number of esters is 1. The number of nitrogens with two attached hydrogens (primary N) is 1. The molecule has 1 fully saturated rings. The molecule has 0 unspecified atom stereocenters. The summed E-state index contributed by atoms with van der Waals surface area (Å²) in [5, 5.41) is 0. The van der Waals surface area contributed by atoms with Crippen LogP contribution in [0.1, 0.15) is 0 Å². The summed E-state index contributed by atoms with van der Waals surface area (Å²) in [6, 6.07) is -0.609. The van der Waals surface area contributed by atoms with Crippen molar-refractivity contribution in [1.82, 2.24) is 0 Å². The maximum Gasteiger partial charge on any atom is 0.311 e. The number of ether oxygens (including phenoxy) is 1. The van der Waals surface area contributed by atoms with Gasteiger partial charge in [-0.3, -0.25) is 4.79 Å². The Kier molecular flexibility index (Phi) is 2.39. The number of carbonyl (C=O) groups is 1. The Labute approximate surface area is 70.8 Å². The summed E-state index contributed by atoms with van der Waals surface area (Å²) in [7, 11) is -1.90. The lowest BCUT2D eigenvalue weighted by atomic mass is 10.1. The molecular formula is C6H11NO4S. The van der Waals surface area contributed by atoms with Crippen molar-refractivity contribution in [2.45, 2.75) is 6.04 Å². The highest BCUT2D eigenvalue weighted by Crippen LogP contribution is 2.18. The molecule has 2 N–H and O–H groups in total. The second-order valence-corrected chi connectivity index (χ2v) is 5.02. The molecule has 12 heavy (non-hydrogen) atoms. The number of hydrogen-bond donors (Lipinski definition) is 1. The molecule has 0 bridgehead atoms. The summed E-state index contributed by atoms with van der Waals surface area (Å²) in [4.78, 5) is 10.9. The first-order chi connectivity index (χ1) is 5.46. The number of carbonyl (C=O) groups excluding carboxylic acids is 1. The highest BCUT2D eigenvalue weighted by Gasteiger charge is 2.40. The van der Waals surface area contributed by atoms with Gasteiger partial charge in [-0.1, -0.05) is 0 Å². The molecule has 0 amide bonds. The lowest BCUT2D eigenvalue weighted by molar-refractivity contribution is -0.144. The third kappa shape index (κ3) is 1.75. The molecule has 0 spiro atoms. The SMILES string of the molecule is COC(=O)[C@@H]1CS(=O)(=O)C[C@H]1N. The second-order valence-electron chi connectivity index (χ2n) is 2.87. The van der Waals surface area contributed by atoms with E-state index < -0.39 is 27.8 Å². The molecule has 0 radical (unpaired) electrons. The van der Waals surface area contributed by atoms with Crippen molar-refractivity contribution in [3.05, 3.63) is 0 Å². The van der Waals surface area contributed by atoms with Gasteiger partial charge in [0.1, 0.15) is 0 Å². The summed E-state index contributed by atoms with van der Waals surface area (Å²) >= 11 is 0. The van der Waals surface area contributed by atoms with Crippen molar-refractivity contribution in [3.63, 3.8) is 0 Å². The average molecular weight is 193 g/mol. The summed E-state index contributed by atoms with van der Waals surface area (Å²) in [6.07, 6.45) is 0. The molecule has 0 saturated carbocycles. The maximum absolute atomic E-state index is 11.0. The zero-order valence-electron chi connectivity index (χ0n) is 6.69. The monoisotopic (exact) mass is 193 g/mol. The average Bonchev–Trinajstić information content (AvgIpc) is 2.23. The summed E-state index contributed by atoms with van der Waals surface area (Å²) in [5.41, 5.74) is 5.45. The molecule has 0 aromatic rings. The van der Waals surface area contributed by atoms with E-state index in [9.17, 15) is 13.2 Å². The van der Waals surface area contributed by atoms with Crippen LogP contribution in [-0.2, 0) is 19.4 Å². The van der Waals surface area contributed by atoms with Gasteiger partial charge in [0.2, 0.25) is 0 Å². The van der Waals surface area contributed by atoms with E-state index in [2.05, 4.69) is 4.74 Å². The Balaban J connectivity index is 2.77. The van der Waals surface area contributed by atoms with Crippen LogP contribution in [-0.4, -0.2) is 39.0 Å². The molecule has 0 aromatic carbocycles. The first kappa shape index (κ1) is 9.47. The Morgan fingerprint density at radius 3 is 2.42 bits per heavy atom. The fraction of sp³-hybridized carbons (Fsp3) is 0.833. The largest absolute Gasteiger partial charge is 0.469 e. The first-order valence-corrected chi connectivity index (χ1v) is 5.32. The van der Waals surface area contributed by atoms with Gasteiger partial charge in [-0.25, -0.2) is 8.42 Å². The molecule has 1 aliphatic rings. The van der Waals surface area contributed by atoms with Gasteiger partial charge >= 0.3 is 5.97 Å². The zero-order chi connectivity index (χ0) is 9.35. The molecular weight excluding hydrogens is 182 g/mol. The van der Waals surface area contributed by atoms with E-state index >= 15 is 0 Å². The van der Waals surface area contributed by atoms with E-state index in [-0.39, 0.29) is 11.5 Å². The zero-order valence-corrected chi connectivity index (χ0v) is 7.50. The number of hydrogen-bond acceptors (Lipinski definition) is 5. The van der Waals surface area contributed by atoms with Crippen LogP contribution in [0.25, 0.3) is 0 Å². The molecule has 6 heteroatoms. The van der Waals surface area contributed by atoms with Crippen molar-refractivity contribution in [2.24, 2.45) is 11.7 Å². The molecule has 2 atom stereocenters. The van der Waals surface area contributed by atoms with Crippen molar-refractivity contribution in [3.8, 4) is 0 Å². The van der Waals surface area contributed by atoms with Gasteiger partial charge in [-0.2, -0.15) is 0 Å². The van der Waals surface area contributed by atoms with Crippen molar-refractivity contribution >= 4 is 15.8 Å². The van der Waals surface area contributed by atoms with Crippen LogP contribution in [0.4, 0.5) is 0 Å². The van der Waals surface area contributed by atoms with Crippen molar-refractivity contribution in [1.29, 1.82) is 0 Å². The lowest BCUT2D eigenvalue weighted by Crippen LogP contribution is -2.34. The van der Waals surface area contributed by atoms with Gasteiger partial charge in [0.05, 0.1) is 24.5 Å². The van der Waals surface area contributed by atoms with Gasteiger partial charge in [0.25, 0.3) is 0 Å².